The summed E-state index contributed by atoms with van der Waals surface area (Å²) in [4.78, 5) is 28.0. The number of carbonyl (C=O) groups is 2. The van der Waals surface area contributed by atoms with Crippen LogP contribution in [0.25, 0.3) is 10.2 Å². The van der Waals surface area contributed by atoms with Crippen molar-refractivity contribution >= 4 is 38.6 Å². The molecule has 3 rings (SSSR count). The first kappa shape index (κ1) is 15.7. The summed E-state index contributed by atoms with van der Waals surface area (Å²) in [6, 6.07) is 5.49. The van der Waals surface area contributed by atoms with Gasteiger partial charge in [-0.05, 0) is 31.0 Å². The van der Waals surface area contributed by atoms with Gasteiger partial charge < -0.3 is 20.0 Å². The van der Waals surface area contributed by atoms with Crippen molar-refractivity contribution in [2.75, 3.05) is 12.4 Å². The first-order valence-corrected chi connectivity index (χ1v) is 8.36. The Morgan fingerprint density at radius 2 is 2.04 bits per heavy atom. The number of aromatic nitrogens is 1. The molecule has 6 nitrogen and oxygen atoms in total. The van der Waals surface area contributed by atoms with Gasteiger partial charge in [0.1, 0.15) is 5.75 Å². The Labute approximate surface area is 137 Å². The van der Waals surface area contributed by atoms with E-state index >= 15 is 0 Å². The fourth-order valence-corrected chi connectivity index (χ4v) is 3.91. The number of hydrogen-bond donors (Lipinski definition) is 1. The lowest BCUT2D eigenvalue weighted by Crippen LogP contribution is -2.42. The predicted octanol–water partition coefficient (Wildman–Crippen LogP) is 1.80. The number of anilines is 1. The Morgan fingerprint density at radius 3 is 2.74 bits per heavy atom. The van der Waals surface area contributed by atoms with E-state index < -0.39 is 17.8 Å². The molecule has 2 aromatic rings. The number of rotatable bonds is 4. The highest BCUT2D eigenvalue weighted by Gasteiger charge is 2.32. The Morgan fingerprint density at radius 1 is 1.30 bits per heavy atom. The van der Waals surface area contributed by atoms with E-state index in [0.29, 0.717) is 18.0 Å². The zero-order valence-corrected chi connectivity index (χ0v) is 13.5. The van der Waals surface area contributed by atoms with Gasteiger partial charge in [-0.3, -0.25) is 4.79 Å². The summed E-state index contributed by atoms with van der Waals surface area (Å²) in [5, 5.41) is 14.4. The highest BCUT2D eigenvalue weighted by molar-refractivity contribution is 7.22. The van der Waals surface area contributed by atoms with Gasteiger partial charge in [-0.1, -0.05) is 24.2 Å². The molecule has 0 unspecified atom stereocenters. The van der Waals surface area contributed by atoms with Gasteiger partial charge in [0.2, 0.25) is 5.91 Å². The molecule has 1 saturated carbocycles. The van der Waals surface area contributed by atoms with Crippen LogP contribution in [-0.2, 0) is 9.59 Å². The van der Waals surface area contributed by atoms with E-state index in [1.54, 1.807) is 13.2 Å². The number of benzene rings is 1. The lowest BCUT2D eigenvalue weighted by atomic mass is 9.79. The van der Waals surface area contributed by atoms with Gasteiger partial charge in [0.15, 0.2) is 5.13 Å². The monoisotopic (exact) mass is 333 g/mol. The van der Waals surface area contributed by atoms with E-state index in [-0.39, 0.29) is 5.91 Å². The van der Waals surface area contributed by atoms with Crippen molar-refractivity contribution < 1.29 is 19.4 Å². The average Bonchev–Trinajstić information content (AvgIpc) is 2.95. The third-order valence-electron chi connectivity index (χ3n) is 4.23. The number of carboxylic acids is 1. The zero-order chi connectivity index (χ0) is 16.4. The molecule has 7 heteroatoms. The first-order valence-electron chi connectivity index (χ1n) is 7.55. The van der Waals surface area contributed by atoms with Crippen LogP contribution in [0.2, 0.25) is 0 Å². The largest absolute Gasteiger partial charge is 0.550 e. The molecular formula is C16H17N2O4S-. The molecule has 1 aliphatic carbocycles. The van der Waals surface area contributed by atoms with Crippen LogP contribution in [0.3, 0.4) is 0 Å². The van der Waals surface area contributed by atoms with Crippen molar-refractivity contribution in [2.24, 2.45) is 11.8 Å². The molecule has 1 N–H and O–H groups in total. The number of carbonyl (C=O) groups excluding carboxylic acids is 2. The average molecular weight is 333 g/mol. The first-order chi connectivity index (χ1) is 11.1. The third kappa shape index (κ3) is 3.29. The normalized spacial score (nSPS) is 21.1. The summed E-state index contributed by atoms with van der Waals surface area (Å²) in [6.07, 6.45) is 2.75. The minimum absolute atomic E-state index is 0.287. The van der Waals surface area contributed by atoms with Gasteiger partial charge in [-0.25, -0.2) is 4.98 Å². The molecular weight excluding hydrogens is 316 g/mol. The van der Waals surface area contributed by atoms with E-state index in [9.17, 15) is 14.7 Å². The fraction of sp³-hybridized carbons (Fsp3) is 0.438. The molecule has 1 heterocycles. The van der Waals surface area contributed by atoms with E-state index in [4.69, 9.17) is 4.74 Å². The van der Waals surface area contributed by atoms with Crippen LogP contribution in [0.5, 0.6) is 5.75 Å². The molecule has 0 spiro atoms. The van der Waals surface area contributed by atoms with E-state index in [0.717, 1.165) is 28.8 Å². The number of nitrogens with zero attached hydrogens (tertiary/aromatic N) is 1. The van der Waals surface area contributed by atoms with Crippen molar-refractivity contribution in [3.63, 3.8) is 0 Å². The second-order valence-electron chi connectivity index (χ2n) is 5.66. The minimum Gasteiger partial charge on any atom is -0.550 e. The van der Waals surface area contributed by atoms with Crippen LogP contribution < -0.4 is 15.2 Å². The number of methoxy groups -OCH3 is 1. The number of hydrogen-bond acceptors (Lipinski definition) is 6. The number of thiazole rings is 1. The molecule has 1 aromatic carbocycles. The van der Waals surface area contributed by atoms with Crippen LogP contribution in [0.15, 0.2) is 18.2 Å². The van der Waals surface area contributed by atoms with Crippen molar-refractivity contribution in [2.45, 2.75) is 25.7 Å². The molecule has 122 valence electrons. The molecule has 23 heavy (non-hydrogen) atoms. The molecule has 0 radical (unpaired) electrons. The van der Waals surface area contributed by atoms with Crippen LogP contribution >= 0.6 is 11.3 Å². The van der Waals surface area contributed by atoms with Crippen LogP contribution in [-0.4, -0.2) is 24.0 Å². The summed E-state index contributed by atoms with van der Waals surface area (Å²) < 4.78 is 6.07. The smallest absolute Gasteiger partial charge is 0.229 e. The molecule has 1 aliphatic rings. The Kier molecular flexibility index (Phi) is 4.47. The quantitative estimate of drug-likeness (QED) is 0.921. The second-order valence-corrected chi connectivity index (χ2v) is 6.69. The maximum Gasteiger partial charge on any atom is 0.229 e. The van der Waals surface area contributed by atoms with E-state index in [1.807, 2.05) is 12.1 Å². The van der Waals surface area contributed by atoms with Crippen molar-refractivity contribution in [3.05, 3.63) is 18.2 Å². The van der Waals surface area contributed by atoms with Crippen molar-refractivity contribution in [1.82, 2.24) is 4.98 Å². The third-order valence-corrected chi connectivity index (χ3v) is 5.16. The number of aliphatic carboxylic acids is 1. The fourth-order valence-electron chi connectivity index (χ4n) is 3.01. The summed E-state index contributed by atoms with van der Waals surface area (Å²) in [5.41, 5.74) is 0.770. The van der Waals surface area contributed by atoms with Crippen LogP contribution in [0.1, 0.15) is 25.7 Å². The molecule has 0 aliphatic heterocycles. The molecule has 0 saturated heterocycles. The van der Waals surface area contributed by atoms with Gasteiger partial charge in [0, 0.05) is 17.8 Å². The highest BCUT2D eigenvalue weighted by Crippen LogP contribution is 2.33. The highest BCUT2D eigenvalue weighted by atomic mass is 32.1. The van der Waals surface area contributed by atoms with Crippen molar-refractivity contribution in [3.8, 4) is 5.75 Å². The lowest BCUT2D eigenvalue weighted by molar-refractivity contribution is -0.313. The molecule has 1 amide bonds. The van der Waals surface area contributed by atoms with Gasteiger partial charge >= 0.3 is 0 Å². The van der Waals surface area contributed by atoms with Gasteiger partial charge in [0.05, 0.1) is 17.3 Å². The Hall–Kier alpha value is -2.15. The second kappa shape index (κ2) is 6.54. The number of nitrogens with one attached hydrogen (secondary N) is 1. The van der Waals surface area contributed by atoms with Crippen LogP contribution in [0, 0.1) is 11.8 Å². The molecule has 1 fully saturated rings. The van der Waals surface area contributed by atoms with E-state index in [2.05, 4.69) is 10.3 Å². The van der Waals surface area contributed by atoms with Crippen molar-refractivity contribution in [1.29, 1.82) is 0 Å². The zero-order valence-electron chi connectivity index (χ0n) is 12.7. The number of ether oxygens (including phenoxy) is 1. The molecule has 2 atom stereocenters. The van der Waals surface area contributed by atoms with Crippen LogP contribution in [0.4, 0.5) is 5.13 Å². The maximum absolute atomic E-state index is 12.4. The number of carboxylic acid groups (broad SMARTS) is 1. The number of fused-ring (bicyclic) bond motifs is 1. The Bertz CT molecular complexity index is 743. The summed E-state index contributed by atoms with van der Waals surface area (Å²) in [7, 11) is 1.59. The maximum atomic E-state index is 12.4. The van der Waals surface area contributed by atoms with E-state index in [1.165, 1.54) is 11.3 Å². The summed E-state index contributed by atoms with van der Waals surface area (Å²) >= 11 is 1.34. The summed E-state index contributed by atoms with van der Waals surface area (Å²) in [6.45, 7) is 0. The van der Waals surface area contributed by atoms with Gasteiger partial charge in [0.25, 0.3) is 0 Å². The summed E-state index contributed by atoms with van der Waals surface area (Å²) in [5.74, 6) is -1.96. The Balaban J connectivity index is 1.77. The molecule has 1 aromatic heterocycles. The predicted molar refractivity (Wildman–Crippen MR) is 85.3 cm³/mol. The number of amides is 1. The van der Waals surface area contributed by atoms with Gasteiger partial charge in [-0.2, -0.15) is 0 Å². The SMILES string of the molecule is COc1ccc2nc(NC(=O)[C@@H]3CCCC[C@H]3C(=O)[O-])sc2c1. The van der Waals surface area contributed by atoms with Gasteiger partial charge in [-0.15, -0.1) is 0 Å². The minimum atomic E-state index is -1.14. The standard InChI is InChI=1S/C16H18N2O4S/c1-22-9-6-7-12-13(8-9)23-16(17-12)18-14(19)10-4-2-3-5-11(10)15(20)21/h6-8,10-11H,2-5H2,1H3,(H,20,21)(H,17,18,19)/p-1/t10-,11-/m1/s1. The molecule has 0 bridgehead atoms. The lowest BCUT2D eigenvalue weighted by Gasteiger charge is -2.30. The topological polar surface area (TPSA) is 91.3 Å².